The van der Waals surface area contributed by atoms with Crippen LogP contribution in [0, 0.1) is 23.0 Å². The van der Waals surface area contributed by atoms with Crippen LogP contribution in [0.4, 0.5) is 8.78 Å². The second-order valence-corrected chi connectivity index (χ2v) is 20.3. The zero-order chi connectivity index (χ0) is 57.9. The summed E-state index contributed by atoms with van der Waals surface area (Å²) in [4.78, 5) is 128. The van der Waals surface area contributed by atoms with Crippen molar-refractivity contribution in [2.75, 3.05) is 39.3 Å². The van der Waals surface area contributed by atoms with Gasteiger partial charge in [-0.2, -0.15) is 0 Å². The first-order chi connectivity index (χ1) is 36.8. The number of carbonyl (C=O) groups is 10. The van der Waals surface area contributed by atoms with Crippen molar-refractivity contribution in [1.82, 2.24) is 46.3 Å². The minimum atomic E-state index is -1.30. The quantitative estimate of drug-likeness (QED) is 0.0339. The van der Waals surface area contributed by atoms with Gasteiger partial charge in [-0.25, -0.2) is 13.6 Å². The Bertz CT molecular complexity index is 2660. The first kappa shape index (κ1) is 62.7. The van der Waals surface area contributed by atoms with E-state index in [4.69, 9.17) is 5.73 Å². The smallest absolute Gasteiger partial charge is 0.326 e. The van der Waals surface area contributed by atoms with Gasteiger partial charge >= 0.3 is 5.97 Å². The molecule has 2 aromatic carbocycles. The fourth-order valence-electron chi connectivity index (χ4n) is 8.56. The number of aromatic nitrogens is 1. The van der Waals surface area contributed by atoms with Crippen molar-refractivity contribution in [3.8, 4) is 11.1 Å². The third kappa shape index (κ3) is 19.0. The third-order valence-corrected chi connectivity index (χ3v) is 12.6. The molecule has 0 spiro atoms. The SMILES string of the molecule is CC(C)[C@H](NC(=O)CN1C(=O)C=CC1=O)C(=O)N[C@@H](C)C(=O)NCCC(=O)N[C@@H](CCCCNC(=O)CCNC(=O)[C@@H](N)CCN(C(=O)CO)[C@@H](c1cc(-c2cc(F)ccc2F)cn1Cc1ccccc1)C(C)(C)C)C(=O)O. The van der Waals surface area contributed by atoms with E-state index in [1.165, 1.54) is 11.8 Å². The van der Waals surface area contributed by atoms with Crippen LogP contribution in [0.3, 0.4) is 0 Å². The Morgan fingerprint density at radius 1 is 0.744 bits per heavy atom. The van der Waals surface area contributed by atoms with Crippen LogP contribution in [-0.4, -0.2) is 147 Å². The van der Waals surface area contributed by atoms with Crippen molar-refractivity contribution >= 4 is 59.1 Å². The number of nitrogens with one attached hydrogen (secondary N) is 6. The predicted molar refractivity (Wildman–Crippen MR) is 281 cm³/mol. The highest BCUT2D eigenvalue weighted by Crippen LogP contribution is 2.41. The number of carboxylic acids is 1. The Balaban J connectivity index is 1.19. The number of carbonyl (C=O) groups excluding carboxylic acids is 9. The number of aliphatic carboxylic acids is 1. The Labute approximate surface area is 451 Å². The van der Waals surface area contributed by atoms with E-state index in [2.05, 4.69) is 31.9 Å². The number of halogens is 2. The van der Waals surface area contributed by atoms with Crippen LogP contribution >= 0.6 is 0 Å². The molecule has 0 saturated heterocycles. The van der Waals surface area contributed by atoms with Gasteiger partial charge in [0.05, 0.1) is 12.1 Å². The Morgan fingerprint density at radius 3 is 2.00 bits per heavy atom. The molecule has 0 fully saturated rings. The molecule has 0 radical (unpaired) electrons. The molecule has 1 aliphatic heterocycles. The molecule has 78 heavy (non-hydrogen) atoms. The molecule has 0 unspecified atom stereocenters. The summed E-state index contributed by atoms with van der Waals surface area (Å²) in [5.74, 6) is -8.83. The number of imide groups is 1. The maximum atomic E-state index is 15.1. The van der Waals surface area contributed by atoms with Crippen molar-refractivity contribution in [2.45, 2.75) is 117 Å². The maximum absolute atomic E-state index is 15.1. The fraction of sp³-hybridized carbons (Fsp3) is 0.481. The zero-order valence-corrected chi connectivity index (χ0v) is 44.7. The van der Waals surface area contributed by atoms with Gasteiger partial charge in [0.25, 0.3) is 11.8 Å². The molecule has 0 saturated carbocycles. The molecule has 4 rings (SSSR count). The minimum Gasteiger partial charge on any atom is -0.480 e. The number of unbranched alkanes of at least 4 members (excludes halogenated alkanes) is 1. The first-order valence-electron chi connectivity index (χ1n) is 25.6. The number of benzene rings is 2. The normalized spacial score (nSPS) is 14.2. The standard InChI is InChI=1S/C54H72F2N10O12/c1-32(2)48(63-44(70)30-66-45(71)17-18-46(66)72)52(76)61-33(3)50(74)59-24-20-43(69)62-40(53(77)78)14-10-11-22-58-42(68)19-23-60-51(75)39(57)21-25-65(47(73)31-67)49(54(4,5)6)41-26-35(37-27-36(55)15-16-38(37)56)29-64(41)28-34-12-8-7-9-13-34/h7-9,12-13,15-18,26-27,29,32-33,39-40,48-49,67H,10-11,14,19-25,28,30-31,57H2,1-6H3,(H,58,68)(H,59,74)(H,60,75)(H,61,76)(H,62,69)(H,63,70)(H,77,78)/t33-,39-,40-,48-,49-/m0/s1. The summed E-state index contributed by atoms with van der Waals surface area (Å²) in [6.45, 7) is 8.97. The molecule has 1 aromatic heterocycles. The molecule has 10 N–H and O–H groups in total. The van der Waals surface area contributed by atoms with Crippen molar-refractivity contribution in [3.05, 3.63) is 95.8 Å². The summed E-state index contributed by atoms with van der Waals surface area (Å²) in [6.07, 6.45) is 3.92. The zero-order valence-electron chi connectivity index (χ0n) is 44.7. The van der Waals surface area contributed by atoms with Crippen molar-refractivity contribution in [2.24, 2.45) is 17.1 Å². The van der Waals surface area contributed by atoms with E-state index in [1.807, 2.05) is 55.7 Å². The fourth-order valence-corrected chi connectivity index (χ4v) is 8.56. The van der Waals surface area contributed by atoms with E-state index in [9.17, 15) is 62.5 Å². The number of nitrogens with two attached hydrogens (primary N) is 1. The van der Waals surface area contributed by atoms with E-state index in [-0.39, 0.29) is 63.8 Å². The van der Waals surface area contributed by atoms with Gasteiger partial charge < -0.3 is 57.3 Å². The average Bonchev–Trinajstić information content (AvgIpc) is 3.93. The second kappa shape index (κ2) is 29.6. The monoisotopic (exact) mass is 1090 g/mol. The topological polar surface area (TPSA) is 321 Å². The molecule has 9 amide bonds. The van der Waals surface area contributed by atoms with Gasteiger partial charge in [-0.05, 0) is 73.8 Å². The van der Waals surface area contributed by atoms with Crippen LogP contribution in [0.2, 0.25) is 0 Å². The van der Waals surface area contributed by atoms with Crippen LogP contribution in [0.1, 0.15) is 97.4 Å². The highest BCUT2D eigenvalue weighted by Gasteiger charge is 2.38. The number of nitrogens with zero attached hydrogens (tertiary/aromatic N) is 3. The highest BCUT2D eigenvalue weighted by atomic mass is 19.1. The van der Waals surface area contributed by atoms with E-state index < -0.39 is 125 Å². The van der Waals surface area contributed by atoms with Crippen molar-refractivity contribution in [1.29, 1.82) is 0 Å². The third-order valence-electron chi connectivity index (χ3n) is 12.6. The minimum absolute atomic E-state index is 0.0175. The molecular formula is C54H72F2N10O12. The van der Waals surface area contributed by atoms with E-state index in [0.717, 1.165) is 35.9 Å². The molecule has 5 atom stereocenters. The van der Waals surface area contributed by atoms with Crippen LogP contribution in [0.15, 0.2) is 72.9 Å². The summed E-state index contributed by atoms with van der Waals surface area (Å²) in [7, 11) is 0. The first-order valence-corrected chi connectivity index (χ1v) is 25.6. The average molecular weight is 1090 g/mol. The number of rotatable bonds is 30. The van der Waals surface area contributed by atoms with Gasteiger partial charge in [-0.15, -0.1) is 0 Å². The molecule has 3 aromatic rings. The summed E-state index contributed by atoms with van der Waals surface area (Å²) in [5, 5.41) is 35.0. The van der Waals surface area contributed by atoms with Gasteiger partial charge in [0.2, 0.25) is 41.4 Å². The number of hydrogen-bond acceptors (Lipinski definition) is 12. The lowest BCUT2D eigenvalue weighted by molar-refractivity contribution is -0.142. The molecule has 2 heterocycles. The number of amides is 9. The highest BCUT2D eigenvalue weighted by molar-refractivity contribution is 6.14. The predicted octanol–water partition coefficient (Wildman–Crippen LogP) is 1.55. The number of hydrogen-bond donors (Lipinski definition) is 9. The Hall–Kier alpha value is -7.86. The maximum Gasteiger partial charge on any atom is 0.326 e. The molecule has 0 aliphatic carbocycles. The van der Waals surface area contributed by atoms with E-state index in [0.29, 0.717) is 29.1 Å². The van der Waals surface area contributed by atoms with Gasteiger partial charge in [0.15, 0.2) is 0 Å². The lowest BCUT2D eigenvalue weighted by Gasteiger charge is -2.41. The van der Waals surface area contributed by atoms with Gasteiger partial charge in [0.1, 0.15) is 42.9 Å². The Kier molecular flexibility index (Phi) is 23.8. The van der Waals surface area contributed by atoms with Crippen LogP contribution in [0.5, 0.6) is 0 Å². The van der Waals surface area contributed by atoms with Crippen molar-refractivity contribution in [3.63, 3.8) is 0 Å². The van der Waals surface area contributed by atoms with Gasteiger partial charge in [0, 0.05) is 80.7 Å². The summed E-state index contributed by atoms with van der Waals surface area (Å²) < 4.78 is 31.4. The molecular weight excluding hydrogens is 1020 g/mol. The van der Waals surface area contributed by atoms with E-state index in [1.54, 1.807) is 26.1 Å². The van der Waals surface area contributed by atoms with Gasteiger partial charge in [-0.1, -0.05) is 65.0 Å². The van der Waals surface area contributed by atoms with E-state index >= 15 is 4.39 Å². The molecule has 1 aliphatic rings. The number of carboxylic acid groups (broad SMARTS) is 1. The van der Waals surface area contributed by atoms with Crippen LogP contribution in [-0.2, 0) is 54.5 Å². The van der Waals surface area contributed by atoms with Crippen molar-refractivity contribution < 1.29 is 66.9 Å². The summed E-state index contributed by atoms with van der Waals surface area (Å²) in [6, 6.07) is 8.85. The second-order valence-electron chi connectivity index (χ2n) is 20.3. The molecule has 22 nitrogen and oxygen atoms in total. The largest absolute Gasteiger partial charge is 0.480 e. The molecule has 24 heteroatoms. The summed E-state index contributed by atoms with van der Waals surface area (Å²) in [5.41, 5.74) is 7.45. The lowest BCUT2D eigenvalue weighted by Crippen LogP contribution is -2.56. The molecule has 424 valence electrons. The van der Waals surface area contributed by atoms with Crippen LogP contribution in [0.25, 0.3) is 11.1 Å². The number of aliphatic hydroxyl groups is 1. The van der Waals surface area contributed by atoms with Crippen LogP contribution < -0.4 is 37.6 Å². The van der Waals surface area contributed by atoms with Gasteiger partial charge in [-0.3, -0.25) is 48.1 Å². The number of aliphatic hydroxyl groups excluding tert-OH is 1. The summed E-state index contributed by atoms with van der Waals surface area (Å²) >= 11 is 0. The lowest BCUT2D eigenvalue weighted by atomic mass is 9.82. The Morgan fingerprint density at radius 2 is 1.38 bits per heavy atom. The molecule has 0 bridgehead atoms.